The van der Waals surface area contributed by atoms with E-state index in [0.29, 0.717) is 50.9 Å². The van der Waals surface area contributed by atoms with Gasteiger partial charge in [-0.1, -0.05) is 175 Å². The summed E-state index contributed by atoms with van der Waals surface area (Å²) in [6, 6.07) is 0. The standard InChI is InChI=1S/C51H101N3O5/c1-7-11-15-17-23-33-47(31-21-13-9-3)38-43-58-50(56)36-25-19-20-28-41-54(42-30-29-40-53(6)46-52-5)45-49(55)35-26-27-37-51(57)59-44-39-48(32-22-14-10-4)34-24-18-16-12-8-2/h46-49,55H,7-45H2,1-6H3. The molecule has 0 radical (unpaired) electrons. The first kappa shape index (κ1) is 57.3. The van der Waals surface area contributed by atoms with Crippen LogP contribution in [0.25, 0.3) is 0 Å². The van der Waals surface area contributed by atoms with Crippen LogP contribution in [0.15, 0.2) is 4.99 Å². The molecule has 0 aliphatic rings. The predicted molar refractivity (Wildman–Crippen MR) is 253 cm³/mol. The molecule has 0 aromatic heterocycles. The van der Waals surface area contributed by atoms with E-state index in [1.807, 2.05) is 6.34 Å². The van der Waals surface area contributed by atoms with Gasteiger partial charge in [0.2, 0.25) is 0 Å². The van der Waals surface area contributed by atoms with Crippen LogP contribution in [-0.2, 0) is 19.1 Å². The number of aliphatic hydroxyl groups excluding tert-OH is 1. The van der Waals surface area contributed by atoms with Crippen molar-refractivity contribution >= 4 is 18.3 Å². The third-order valence-electron chi connectivity index (χ3n) is 12.2. The van der Waals surface area contributed by atoms with Crippen molar-refractivity contribution in [2.24, 2.45) is 16.8 Å². The molecule has 0 aromatic carbocycles. The molecule has 0 rings (SSSR count). The van der Waals surface area contributed by atoms with E-state index in [2.05, 4.69) is 49.5 Å². The Hall–Kier alpha value is -1.67. The van der Waals surface area contributed by atoms with Gasteiger partial charge in [0.1, 0.15) is 0 Å². The molecule has 350 valence electrons. The number of unbranched alkanes of at least 4 members (excludes halogenated alkanes) is 17. The second-order valence-electron chi connectivity index (χ2n) is 18.1. The van der Waals surface area contributed by atoms with E-state index in [1.165, 1.54) is 128 Å². The molecule has 0 heterocycles. The Morgan fingerprint density at radius 1 is 0.508 bits per heavy atom. The van der Waals surface area contributed by atoms with Gasteiger partial charge in [0, 0.05) is 40.0 Å². The SMILES string of the molecule is CCCCCCCC(CCCCC)CCOC(=O)CCCCCCN(CCCCN(C)C=NC)CC(O)CCCCC(=O)OCCC(CCCCC)CCCCCCC. The van der Waals surface area contributed by atoms with Gasteiger partial charge in [-0.2, -0.15) is 0 Å². The molecule has 0 aromatic rings. The third kappa shape index (κ3) is 40.2. The van der Waals surface area contributed by atoms with E-state index in [9.17, 15) is 14.7 Å². The number of hydrogen-bond donors (Lipinski definition) is 1. The lowest BCUT2D eigenvalue weighted by molar-refractivity contribution is -0.145. The largest absolute Gasteiger partial charge is 0.466 e. The van der Waals surface area contributed by atoms with Crippen LogP contribution in [0.4, 0.5) is 0 Å². The van der Waals surface area contributed by atoms with Crippen LogP contribution in [0.2, 0.25) is 0 Å². The fraction of sp³-hybridized carbons (Fsp3) is 0.941. The number of nitrogens with zero attached hydrogens (tertiary/aromatic N) is 3. The van der Waals surface area contributed by atoms with Crippen molar-refractivity contribution in [1.29, 1.82) is 0 Å². The fourth-order valence-electron chi connectivity index (χ4n) is 8.37. The Morgan fingerprint density at radius 2 is 0.881 bits per heavy atom. The number of hydrogen-bond acceptors (Lipinski definition) is 7. The van der Waals surface area contributed by atoms with Crippen LogP contribution in [0.3, 0.4) is 0 Å². The average Bonchev–Trinajstić information content (AvgIpc) is 3.21. The highest BCUT2D eigenvalue weighted by atomic mass is 16.5. The summed E-state index contributed by atoms with van der Waals surface area (Å²) < 4.78 is 11.4. The van der Waals surface area contributed by atoms with Gasteiger partial charge in [-0.3, -0.25) is 14.6 Å². The van der Waals surface area contributed by atoms with Crippen LogP contribution in [0.1, 0.15) is 240 Å². The van der Waals surface area contributed by atoms with Gasteiger partial charge in [-0.15, -0.1) is 0 Å². The zero-order valence-corrected chi connectivity index (χ0v) is 40.3. The van der Waals surface area contributed by atoms with Gasteiger partial charge in [0.15, 0.2) is 0 Å². The van der Waals surface area contributed by atoms with Crippen molar-refractivity contribution in [3.63, 3.8) is 0 Å². The van der Waals surface area contributed by atoms with Crippen molar-refractivity contribution in [3.05, 3.63) is 0 Å². The van der Waals surface area contributed by atoms with Crippen molar-refractivity contribution in [1.82, 2.24) is 9.80 Å². The number of esters is 2. The Bertz CT molecular complexity index is 933. The lowest BCUT2D eigenvalue weighted by atomic mass is 9.92. The number of rotatable bonds is 46. The molecule has 0 amide bonds. The van der Waals surface area contributed by atoms with E-state index < -0.39 is 6.10 Å². The van der Waals surface area contributed by atoms with Gasteiger partial charge < -0.3 is 24.4 Å². The summed E-state index contributed by atoms with van der Waals surface area (Å²) in [5.74, 6) is 1.24. The minimum atomic E-state index is -0.399. The summed E-state index contributed by atoms with van der Waals surface area (Å²) >= 11 is 0. The highest BCUT2D eigenvalue weighted by Crippen LogP contribution is 2.23. The molecular formula is C51H101N3O5. The van der Waals surface area contributed by atoms with E-state index in [-0.39, 0.29) is 11.9 Å². The van der Waals surface area contributed by atoms with Crippen molar-refractivity contribution < 1.29 is 24.2 Å². The second kappa shape index (κ2) is 44.4. The molecule has 3 atom stereocenters. The maximum absolute atomic E-state index is 12.5. The Morgan fingerprint density at radius 3 is 1.37 bits per heavy atom. The smallest absolute Gasteiger partial charge is 0.305 e. The summed E-state index contributed by atoms with van der Waals surface area (Å²) in [5.41, 5.74) is 0. The molecule has 1 N–H and O–H groups in total. The van der Waals surface area contributed by atoms with Gasteiger partial charge >= 0.3 is 11.9 Å². The van der Waals surface area contributed by atoms with E-state index in [4.69, 9.17) is 9.47 Å². The van der Waals surface area contributed by atoms with Gasteiger partial charge in [-0.05, 0) is 76.3 Å². The van der Waals surface area contributed by atoms with Crippen LogP contribution >= 0.6 is 0 Å². The van der Waals surface area contributed by atoms with Gasteiger partial charge in [-0.25, -0.2) is 0 Å². The molecule has 59 heavy (non-hydrogen) atoms. The first-order valence-corrected chi connectivity index (χ1v) is 25.6. The highest BCUT2D eigenvalue weighted by molar-refractivity contribution is 5.69. The van der Waals surface area contributed by atoms with E-state index in [1.54, 1.807) is 7.05 Å². The monoisotopic (exact) mass is 836 g/mol. The van der Waals surface area contributed by atoms with Crippen LogP contribution < -0.4 is 0 Å². The quantitative estimate of drug-likeness (QED) is 0.0283. The molecule has 0 saturated heterocycles. The summed E-state index contributed by atoms with van der Waals surface area (Å²) in [6.07, 6.45) is 38.9. The Balaban J connectivity index is 4.54. The lowest BCUT2D eigenvalue weighted by Crippen LogP contribution is -2.34. The summed E-state index contributed by atoms with van der Waals surface area (Å²) in [5, 5.41) is 11.0. The Labute approximate surface area is 367 Å². The normalized spacial score (nSPS) is 13.3. The third-order valence-corrected chi connectivity index (χ3v) is 12.2. The van der Waals surface area contributed by atoms with Crippen LogP contribution in [-0.4, -0.2) is 92.8 Å². The number of carbonyl (C=O) groups excluding carboxylic acids is 2. The Kier molecular flexibility index (Phi) is 43.1. The van der Waals surface area contributed by atoms with E-state index >= 15 is 0 Å². The summed E-state index contributed by atoms with van der Waals surface area (Å²) in [4.78, 5) is 33.7. The van der Waals surface area contributed by atoms with Crippen molar-refractivity contribution in [2.75, 3.05) is 53.5 Å². The first-order valence-electron chi connectivity index (χ1n) is 25.6. The molecule has 0 fully saturated rings. The molecule has 0 saturated carbocycles. The second-order valence-corrected chi connectivity index (χ2v) is 18.1. The minimum Gasteiger partial charge on any atom is -0.466 e. The average molecular weight is 836 g/mol. The molecule has 0 spiro atoms. The maximum atomic E-state index is 12.5. The minimum absolute atomic E-state index is 0.0358. The highest BCUT2D eigenvalue weighted by Gasteiger charge is 2.15. The predicted octanol–water partition coefficient (Wildman–Crippen LogP) is 13.5. The summed E-state index contributed by atoms with van der Waals surface area (Å²) in [6.45, 7) is 13.7. The first-order chi connectivity index (χ1) is 28.8. The topological polar surface area (TPSA) is 91.7 Å². The fourth-order valence-corrected chi connectivity index (χ4v) is 8.37. The van der Waals surface area contributed by atoms with Gasteiger partial charge in [0.05, 0.1) is 25.7 Å². The molecule has 3 unspecified atom stereocenters. The maximum Gasteiger partial charge on any atom is 0.305 e. The number of aliphatic hydroxyl groups is 1. The number of aliphatic imine (C=N–C) groups is 1. The lowest BCUT2D eigenvalue weighted by Gasteiger charge is -2.25. The molecule has 8 heteroatoms. The van der Waals surface area contributed by atoms with Crippen molar-refractivity contribution in [3.8, 4) is 0 Å². The van der Waals surface area contributed by atoms with Gasteiger partial charge in [0.25, 0.3) is 0 Å². The number of ether oxygens (including phenoxy) is 2. The summed E-state index contributed by atoms with van der Waals surface area (Å²) in [7, 11) is 3.86. The van der Waals surface area contributed by atoms with Crippen LogP contribution in [0.5, 0.6) is 0 Å². The molecule has 0 bridgehead atoms. The zero-order chi connectivity index (χ0) is 43.4. The van der Waals surface area contributed by atoms with Crippen molar-refractivity contribution in [2.45, 2.75) is 246 Å². The molecule has 0 aliphatic heterocycles. The molecular weight excluding hydrogens is 735 g/mol. The number of carbonyl (C=O) groups is 2. The molecule has 0 aliphatic carbocycles. The van der Waals surface area contributed by atoms with E-state index in [0.717, 1.165) is 83.8 Å². The molecule has 8 nitrogen and oxygen atoms in total. The van der Waals surface area contributed by atoms with Crippen LogP contribution in [0, 0.1) is 11.8 Å². The zero-order valence-electron chi connectivity index (χ0n) is 40.3.